The number of hydrogen-bond acceptors (Lipinski definition) is 3. The molecule has 0 aliphatic rings. The summed E-state index contributed by atoms with van der Waals surface area (Å²) in [6, 6.07) is 0.870. The van der Waals surface area contributed by atoms with Crippen molar-refractivity contribution in [2.45, 2.75) is 25.9 Å². The number of hydrogen-bond donors (Lipinski definition) is 2. The van der Waals surface area contributed by atoms with Crippen LogP contribution >= 0.6 is 0 Å². The number of carbonyl (C=O) groups is 2. The molecule has 2 N–H and O–H groups in total. The molecule has 0 radical (unpaired) electrons. The van der Waals surface area contributed by atoms with E-state index in [1.54, 1.807) is 25.4 Å². The smallest absolute Gasteiger partial charge is 0.326 e. The standard InChI is InChI=1S/C9H13N3O3/c1-2-7(9(14)15)11-8(13)6-12-5-3-4-10-12/h3-5,7H,2,6H2,1H3,(H,11,13)(H,14,15)/t7-/m1/s1. The third-order valence-corrected chi connectivity index (χ3v) is 1.91. The Hall–Kier alpha value is -1.85. The molecule has 1 rings (SSSR count). The van der Waals surface area contributed by atoms with E-state index in [2.05, 4.69) is 10.4 Å². The first-order valence-corrected chi connectivity index (χ1v) is 4.63. The van der Waals surface area contributed by atoms with Gasteiger partial charge in [-0.2, -0.15) is 5.10 Å². The first kappa shape index (κ1) is 11.2. The van der Waals surface area contributed by atoms with Gasteiger partial charge >= 0.3 is 5.97 Å². The lowest BCUT2D eigenvalue weighted by molar-refractivity contribution is -0.142. The van der Waals surface area contributed by atoms with Crippen LogP contribution in [0.5, 0.6) is 0 Å². The topological polar surface area (TPSA) is 84.2 Å². The highest BCUT2D eigenvalue weighted by molar-refractivity contribution is 5.83. The van der Waals surface area contributed by atoms with E-state index in [-0.39, 0.29) is 12.5 Å². The normalized spacial score (nSPS) is 12.1. The Morgan fingerprint density at radius 3 is 2.80 bits per heavy atom. The second-order valence-corrected chi connectivity index (χ2v) is 3.07. The summed E-state index contributed by atoms with van der Waals surface area (Å²) in [4.78, 5) is 22.0. The predicted molar refractivity (Wildman–Crippen MR) is 52.1 cm³/mol. The molecule has 1 amide bonds. The van der Waals surface area contributed by atoms with Crippen molar-refractivity contribution in [2.24, 2.45) is 0 Å². The number of amides is 1. The summed E-state index contributed by atoms with van der Waals surface area (Å²) in [5, 5.41) is 15.0. The Kier molecular flexibility index (Phi) is 3.84. The van der Waals surface area contributed by atoms with Crippen LogP contribution in [-0.4, -0.2) is 32.8 Å². The maximum Gasteiger partial charge on any atom is 0.326 e. The number of aromatic nitrogens is 2. The minimum Gasteiger partial charge on any atom is -0.480 e. The summed E-state index contributed by atoms with van der Waals surface area (Å²) in [5.41, 5.74) is 0. The molecule has 6 heteroatoms. The second kappa shape index (κ2) is 5.14. The molecule has 0 fully saturated rings. The number of nitrogens with one attached hydrogen (secondary N) is 1. The molecule has 1 heterocycles. The first-order valence-electron chi connectivity index (χ1n) is 4.63. The molecule has 1 atom stereocenters. The summed E-state index contributed by atoms with van der Waals surface area (Å²) in [6.07, 6.45) is 3.56. The van der Waals surface area contributed by atoms with Crippen LogP contribution in [0.4, 0.5) is 0 Å². The van der Waals surface area contributed by atoms with Gasteiger partial charge in [0.25, 0.3) is 0 Å². The number of aliphatic carboxylic acids is 1. The predicted octanol–water partition coefficient (Wildman–Crippen LogP) is -0.138. The van der Waals surface area contributed by atoms with Crippen molar-refractivity contribution < 1.29 is 14.7 Å². The summed E-state index contributed by atoms with van der Waals surface area (Å²) < 4.78 is 1.43. The van der Waals surface area contributed by atoms with Gasteiger partial charge in [0.2, 0.25) is 5.91 Å². The molecule has 1 aromatic heterocycles. The zero-order valence-electron chi connectivity index (χ0n) is 8.38. The molecule has 0 saturated heterocycles. The number of carbonyl (C=O) groups excluding carboxylic acids is 1. The van der Waals surface area contributed by atoms with Gasteiger partial charge in [-0.05, 0) is 12.5 Å². The van der Waals surface area contributed by atoms with Gasteiger partial charge in [0.05, 0.1) is 0 Å². The van der Waals surface area contributed by atoms with Crippen LogP contribution in [0.25, 0.3) is 0 Å². The Labute approximate surface area is 86.9 Å². The SMILES string of the molecule is CC[C@@H](NC(=O)Cn1cccn1)C(=O)O. The van der Waals surface area contributed by atoms with Gasteiger partial charge in [0, 0.05) is 12.4 Å². The van der Waals surface area contributed by atoms with Crippen LogP contribution in [0.2, 0.25) is 0 Å². The Morgan fingerprint density at radius 1 is 1.60 bits per heavy atom. The molecule has 0 aliphatic carbocycles. The van der Waals surface area contributed by atoms with Crippen molar-refractivity contribution in [3.8, 4) is 0 Å². The molecule has 6 nitrogen and oxygen atoms in total. The first-order chi connectivity index (χ1) is 7.13. The van der Waals surface area contributed by atoms with Crippen molar-refractivity contribution in [3.05, 3.63) is 18.5 Å². The Balaban J connectivity index is 2.45. The molecule has 15 heavy (non-hydrogen) atoms. The van der Waals surface area contributed by atoms with E-state index in [1.807, 2.05) is 0 Å². The molecule has 82 valence electrons. The van der Waals surface area contributed by atoms with Crippen molar-refractivity contribution in [1.29, 1.82) is 0 Å². The highest BCUT2D eigenvalue weighted by Gasteiger charge is 2.17. The lowest BCUT2D eigenvalue weighted by Gasteiger charge is -2.11. The van der Waals surface area contributed by atoms with E-state index in [4.69, 9.17) is 5.11 Å². The molecule has 0 bridgehead atoms. The Bertz CT molecular complexity index is 334. The van der Waals surface area contributed by atoms with E-state index in [0.29, 0.717) is 6.42 Å². The molecular weight excluding hydrogens is 198 g/mol. The Morgan fingerprint density at radius 2 is 2.33 bits per heavy atom. The molecule has 1 aromatic rings. The zero-order chi connectivity index (χ0) is 11.3. The fraction of sp³-hybridized carbons (Fsp3) is 0.444. The molecular formula is C9H13N3O3. The number of carboxylic acids is 1. The maximum absolute atomic E-state index is 11.3. The van der Waals surface area contributed by atoms with Crippen molar-refractivity contribution in [1.82, 2.24) is 15.1 Å². The number of carboxylic acid groups (broad SMARTS) is 1. The maximum atomic E-state index is 11.3. The monoisotopic (exact) mass is 211 g/mol. The van der Waals surface area contributed by atoms with E-state index >= 15 is 0 Å². The molecule has 0 spiro atoms. The van der Waals surface area contributed by atoms with Crippen LogP contribution in [0.3, 0.4) is 0 Å². The summed E-state index contributed by atoms with van der Waals surface area (Å²) >= 11 is 0. The second-order valence-electron chi connectivity index (χ2n) is 3.07. The highest BCUT2D eigenvalue weighted by Crippen LogP contribution is 1.92. The average Bonchev–Trinajstić information content (AvgIpc) is 2.66. The minimum absolute atomic E-state index is 0.0385. The van der Waals surface area contributed by atoms with Gasteiger partial charge in [-0.3, -0.25) is 9.48 Å². The van der Waals surface area contributed by atoms with Crippen LogP contribution in [0.1, 0.15) is 13.3 Å². The van der Waals surface area contributed by atoms with Crippen molar-refractivity contribution >= 4 is 11.9 Å². The quantitative estimate of drug-likeness (QED) is 0.710. The molecule has 0 aromatic carbocycles. The van der Waals surface area contributed by atoms with Crippen molar-refractivity contribution in [2.75, 3.05) is 0 Å². The van der Waals surface area contributed by atoms with Crippen LogP contribution < -0.4 is 5.32 Å². The molecule has 0 aliphatic heterocycles. The fourth-order valence-electron chi connectivity index (χ4n) is 1.12. The van der Waals surface area contributed by atoms with Gasteiger partial charge in [0.1, 0.15) is 12.6 Å². The summed E-state index contributed by atoms with van der Waals surface area (Å²) in [7, 11) is 0. The number of rotatable bonds is 5. The van der Waals surface area contributed by atoms with Gasteiger partial charge < -0.3 is 10.4 Å². The van der Waals surface area contributed by atoms with Gasteiger partial charge in [-0.1, -0.05) is 6.92 Å². The third kappa shape index (κ3) is 3.41. The largest absolute Gasteiger partial charge is 0.480 e. The summed E-state index contributed by atoms with van der Waals surface area (Å²) in [6.45, 7) is 1.74. The zero-order valence-corrected chi connectivity index (χ0v) is 8.38. The fourth-order valence-corrected chi connectivity index (χ4v) is 1.12. The van der Waals surface area contributed by atoms with E-state index in [1.165, 1.54) is 4.68 Å². The van der Waals surface area contributed by atoms with E-state index in [9.17, 15) is 9.59 Å². The van der Waals surface area contributed by atoms with E-state index in [0.717, 1.165) is 0 Å². The minimum atomic E-state index is -1.02. The number of nitrogens with zero attached hydrogens (tertiary/aromatic N) is 2. The average molecular weight is 211 g/mol. The van der Waals surface area contributed by atoms with Crippen LogP contribution in [-0.2, 0) is 16.1 Å². The third-order valence-electron chi connectivity index (χ3n) is 1.91. The lowest BCUT2D eigenvalue weighted by Crippen LogP contribution is -2.41. The lowest BCUT2D eigenvalue weighted by atomic mass is 10.2. The highest BCUT2D eigenvalue weighted by atomic mass is 16.4. The van der Waals surface area contributed by atoms with Gasteiger partial charge in [0.15, 0.2) is 0 Å². The van der Waals surface area contributed by atoms with E-state index < -0.39 is 12.0 Å². The van der Waals surface area contributed by atoms with Gasteiger partial charge in [-0.25, -0.2) is 4.79 Å². The molecule has 0 unspecified atom stereocenters. The summed E-state index contributed by atoms with van der Waals surface area (Å²) in [5.74, 6) is -1.38. The van der Waals surface area contributed by atoms with Crippen LogP contribution in [0, 0.1) is 0 Å². The van der Waals surface area contributed by atoms with Gasteiger partial charge in [-0.15, -0.1) is 0 Å². The molecule has 0 saturated carbocycles. The van der Waals surface area contributed by atoms with Crippen molar-refractivity contribution in [3.63, 3.8) is 0 Å². The van der Waals surface area contributed by atoms with Crippen LogP contribution in [0.15, 0.2) is 18.5 Å².